The van der Waals surface area contributed by atoms with Crippen LogP contribution in [0.5, 0.6) is 11.5 Å². The Morgan fingerprint density at radius 3 is 2.42 bits per heavy atom. The normalized spacial score (nSPS) is 18.3. The molecule has 1 aliphatic heterocycles. The Bertz CT molecular complexity index is 1520. The van der Waals surface area contributed by atoms with Crippen LogP contribution < -0.4 is 9.47 Å². The maximum Gasteiger partial charge on any atom is 0.387 e. The molecule has 0 unspecified atom stereocenters. The lowest BCUT2D eigenvalue weighted by atomic mass is 9.98. The standard InChI is InChI=1S/C30H30Cl2F2N2O6S/c31-24-15-35-16-25(32)23(24)14-27(20-10-11-26(42-30(33)34)28(13-20)40-18-19-8-9-19)41-29(37)21-5-4-12-36(17-21)43(38,39)22-6-2-1-3-7-22/h1-3,6-7,10-11,13,15-16,19,21,27,30H,4-5,8-9,12,14,17-18H2/t21-,27-/m0/s1. The van der Waals surface area contributed by atoms with Crippen molar-refractivity contribution in [2.75, 3.05) is 19.7 Å². The van der Waals surface area contributed by atoms with E-state index in [9.17, 15) is 22.0 Å². The predicted octanol–water partition coefficient (Wildman–Crippen LogP) is 6.71. The van der Waals surface area contributed by atoms with Crippen LogP contribution in [0.1, 0.15) is 42.9 Å². The molecule has 2 aliphatic rings. The highest BCUT2D eigenvalue weighted by molar-refractivity contribution is 7.89. The van der Waals surface area contributed by atoms with Crippen molar-refractivity contribution in [3.05, 3.63) is 82.1 Å². The van der Waals surface area contributed by atoms with E-state index in [1.807, 2.05) is 0 Å². The van der Waals surface area contributed by atoms with E-state index in [1.54, 1.807) is 18.2 Å². The fourth-order valence-corrected chi connectivity index (χ4v) is 6.96. The van der Waals surface area contributed by atoms with Crippen LogP contribution in [0, 0.1) is 11.8 Å². The number of piperidine rings is 1. The number of alkyl halides is 2. The van der Waals surface area contributed by atoms with Gasteiger partial charge in [0.1, 0.15) is 6.10 Å². The van der Waals surface area contributed by atoms with Crippen molar-refractivity contribution in [1.82, 2.24) is 9.29 Å². The Kier molecular flexibility index (Phi) is 10.1. The van der Waals surface area contributed by atoms with Gasteiger partial charge in [0.25, 0.3) is 0 Å². The van der Waals surface area contributed by atoms with Crippen LogP contribution in [0.2, 0.25) is 10.0 Å². The van der Waals surface area contributed by atoms with Gasteiger partial charge in [0.2, 0.25) is 10.0 Å². The average molecular weight is 656 g/mol. The van der Waals surface area contributed by atoms with E-state index in [0.717, 1.165) is 12.8 Å². The minimum atomic E-state index is -3.81. The van der Waals surface area contributed by atoms with Gasteiger partial charge in [0.15, 0.2) is 11.5 Å². The van der Waals surface area contributed by atoms with Crippen molar-refractivity contribution in [3.63, 3.8) is 0 Å². The molecule has 2 fully saturated rings. The number of carbonyl (C=O) groups excluding carboxylic acids is 1. The summed E-state index contributed by atoms with van der Waals surface area (Å²) in [6.07, 6.45) is 4.79. The zero-order valence-corrected chi connectivity index (χ0v) is 25.3. The zero-order valence-electron chi connectivity index (χ0n) is 23.0. The number of esters is 1. The minimum Gasteiger partial charge on any atom is -0.489 e. The number of halogens is 4. The number of hydrogen-bond acceptors (Lipinski definition) is 7. The van der Waals surface area contributed by atoms with E-state index in [4.69, 9.17) is 32.7 Å². The van der Waals surface area contributed by atoms with E-state index in [-0.39, 0.29) is 46.0 Å². The van der Waals surface area contributed by atoms with E-state index in [2.05, 4.69) is 9.72 Å². The molecule has 1 aliphatic carbocycles. The zero-order chi connectivity index (χ0) is 30.6. The Morgan fingerprint density at radius 1 is 1.02 bits per heavy atom. The summed E-state index contributed by atoms with van der Waals surface area (Å²) in [6.45, 7) is -2.49. The van der Waals surface area contributed by atoms with Gasteiger partial charge in [-0.1, -0.05) is 47.5 Å². The van der Waals surface area contributed by atoms with Crippen molar-refractivity contribution in [3.8, 4) is 11.5 Å². The highest BCUT2D eigenvalue weighted by Crippen LogP contribution is 2.38. The van der Waals surface area contributed by atoms with E-state index < -0.39 is 34.6 Å². The first-order valence-corrected chi connectivity index (χ1v) is 16.1. The van der Waals surface area contributed by atoms with Crippen LogP contribution in [-0.2, 0) is 26.0 Å². The summed E-state index contributed by atoms with van der Waals surface area (Å²) in [7, 11) is -3.81. The molecular weight excluding hydrogens is 625 g/mol. The van der Waals surface area contributed by atoms with Gasteiger partial charge in [-0.25, -0.2) is 8.42 Å². The summed E-state index contributed by atoms with van der Waals surface area (Å²) < 4.78 is 70.5. The maximum absolute atomic E-state index is 13.6. The molecule has 8 nitrogen and oxygen atoms in total. The summed E-state index contributed by atoms with van der Waals surface area (Å²) >= 11 is 12.8. The second-order valence-electron chi connectivity index (χ2n) is 10.6. The lowest BCUT2D eigenvalue weighted by Crippen LogP contribution is -2.43. The summed E-state index contributed by atoms with van der Waals surface area (Å²) in [6, 6.07) is 12.4. The molecule has 1 saturated heterocycles. The van der Waals surface area contributed by atoms with Crippen molar-refractivity contribution in [1.29, 1.82) is 0 Å². The molecule has 0 spiro atoms. The van der Waals surface area contributed by atoms with Gasteiger partial charge in [-0.2, -0.15) is 13.1 Å². The van der Waals surface area contributed by atoms with Crippen molar-refractivity contribution in [2.45, 2.75) is 49.7 Å². The first-order chi connectivity index (χ1) is 20.6. The molecule has 1 aromatic heterocycles. The first-order valence-electron chi connectivity index (χ1n) is 13.9. The quantitative estimate of drug-likeness (QED) is 0.200. The van der Waals surface area contributed by atoms with Gasteiger partial charge in [-0.05, 0) is 67.0 Å². The fraction of sp³-hybridized carbons (Fsp3) is 0.400. The molecule has 2 heterocycles. The highest BCUT2D eigenvalue weighted by atomic mass is 35.5. The lowest BCUT2D eigenvalue weighted by molar-refractivity contribution is -0.155. The first kappa shape index (κ1) is 31.4. The molecule has 0 N–H and O–H groups in total. The summed E-state index contributed by atoms with van der Waals surface area (Å²) in [5.74, 6) is -1.04. The molecule has 43 heavy (non-hydrogen) atoms. The number of pyridine rings is 1. The molecule has 13 heteroatoms. The monoisotopic (exact) mass is 654 g/mol. The van der Waals surface area contributed by atoms with Crippen LogP contribution in [0.25, 0.3) is 0 Å². The van der Waals surface area contributed by atoms with Crippen LogP contribution in [0.15, 0.2) is 65.8 Å². The van der Waals surface area contributed by atoms with Gasteiger partial charge in [-0.15, -0.1) is 0 Å². The second kappa shape index (κ2) is 13.8. The van der Waals surface area contributed by atoms with Crippen molar-refractivity contribution < 1.29 is 36.2 Å². The third-order valence-corrected chi connectivity index (χ3v) is 9.96. The maximum atomic E-state index is 13.6. The summed E-state index contributed by atoms with van der Waals surface area (Å²) in [4.78, 5) is 17.7. The number of ether oxygens (including phenoxy) is 3. The van der Waals surface area contributed by atoms with Gasteiger partial charge in [0.05, 0.1) is 27.5 Å². The SMILES string of the molecule is O=C(O[C@@H](Cc1c(Cl)cncc1Cl)c1ccc(OC(F)F)c(OCC2CC2)c1)[C@H]1CCCN(S(=O)(=O)c2ccccc2)C1. The number of rotatable bonds is 12. The number of hydrogen-bond donors (Lipinski definition) is 0. The minimum absolute atomic E-state index is 0.0434. The molecule has 0 amide bonds. The number of carbonyl (C=O) groups is 1. The number of benzene rings is 2. The average Bonchev–Trinajstić information content (AvgIpc) is 3.83. The Balaban J connectivity index is 1.41. The molecule has 230 valence electrons. The molecule has 2 aromatic carbocycles. The fourth-order valence-electron chi connectivity index (χ4n) is 4.90. The lowest BCUT2D eigenvalue weighted by Gasteiger charge is -2.32. The van der Waals surface area contributed by atoms with Crippen LogP contribution in [-0.4, -0.2) is 50.0 Å². The Hall–Kier alpha value is -2.99. The molecule has 2 atom stereocenters. The number of sulfonamides is 1. The smallest absolute Gasteiger partial charge is 0.387 e. The third-order valence-electron chi connectivity index (χ3n) is 7.43. The molecule has 3 aromatic rings. The Morgan fingerprint density at radius 2 is 1.74 bits per heavy atom. The van der Waals surface area contributed by atoms with Gasteiger partial charge >= 0.3 is 12.6 Å². The third kappa shape index (κ3) is 7.94. The van der Waals surface area contributed by atoms with E-state index in [1.165, 1.54) is 47.0 Å². The Labute approximate surface area is 258 Å². The molecule has 0 radical (unpaired) electrons. The van der Waals surface area contributed by atoms with Crippen LogP contribution in [0.3, 0.4) is 0 Å². The van der Waals surface area contributed by atoms with E-state index >= 15 is 0 Å². The van der Waals surface area contributed by atoms with E-state index in [0.29, 0.717) is 36.5 Å². The van der Waals surface area contributed by atoms with Crippen LogP contribution in [0.4, 0.5) is 8.78 Å². The van der Waals surface area contributed by atoms with Crippen molar-refractivity contribution in [2.24, 2.45) is 11.8 Å². The van der Waals surface area contributed by atoms with Crippen molar-refractivity contribution >= 4 is 39.2 Å². The molecular formula is C30H30Cl2F2N2O6S. The van der Waals surface area contributed by atoms with Gasteiger partial charge < -0.3 is 14.2 Å². The largest absolute Gasteiger partial charge is 0.489 e. The number of aromatic nitrogens is 1. The predicted molar refractivity (Wildman–Crippen MR) is 156 cm³/mol. The highest BCUT2D eigenvalue weighted by Gasteiger charge is 2.35. The van der Waals surface area contributed by atoms with Gasteiger partial charge in [-0.3, -0.25) is 9.78 Å². The summed E-state index contributed by atoms with van der Waals surface area (Å²) in [5, 5.41) is 0.517. The molecule has 0 bridgehead atoms. The van der Waals surface area contributed by atoms with Gasteiger partial charge in [0, 0.05) is 31.9 Å². The molecule has 1 saturated carbocycles. The topological polar surface area (TPSA) is 95.0 Å². The molecule has 5 rings (SSSR count). The van der Waals surface area contributed by atoms with Crippen LogP contribution >= 0.6 is 23.2 Å². The number of nitrogens with zero attached hydrogens (tertiary/aromatic N) is 2. The second-order valence-corrected chi connectivity index (χ2v) is 13.3. The summed E-state index contributed by atoms with van der Waals surface area (Å²) in [5.41, 5.74) is 0.913.